The van der Waals surface area contributed by atoms with Crippen molar-refractivity contribution in [3.05, 3.63) is 59.0 Å². The Hall–Kier alpha value is -2.82. The molecule has 1 aliphatic heterocycles. The second-order valence-electron chi connectivity index (χ2n) is 7.59. The van der Waals surface area contributed by atoms with Gasteiger partial charge in [-0.25, -0.2) is 0 Å². The zero-order valence-electron chi connectivity index (χ0n) is 17.5. The molecule has 1 aliphatic rings. The van der Waals surface area contributed by atoms with Crippen molar-refractivity contribution in [3.8, 4) is 11.4 Å². The minimum atomic E-state index is 0.158. The molecule has 0 bridgehead atoms. The summed E-state index contributed by atoms with van der Waals surface area (Å²) >= 11 is 3.24. The molecular formula is C22H23N7OS2. The molecule has 0 N–H and O–H groups in total. The predicted molar refractivity (Wildman–Crippen MR) is 126 cm³/mol. The lowest BCUT2D eigenvalue weighted by Gasteiger charge is -2.21. The van der Waals surface area contributed by atoms with Gasteiger partial charge in [-0.3, -0.25) is 14.7 Å². The average molecular weight is 466 g/mol. The summed E-state index contributed by atoms with van der Waals surface area (Å²) in [6.07, 6.45) is 4.46. The minimum absolute atomic E-state index is 0.158. The van der Waals surface area contributed by atoms with E-state index in [4.69, 9.17) is 0 Å². The number of carbonyl (C=O) groups excluding carboxylic acids is 1. The van der Waals surface area contributed by atoms with Crippen LogP contribution in [-0.4, -0.2) is 72.4 Å². The summed E-state index contributed by atoms with van der Waals surface area (Å²) in [5.74, 6) is 1.17. The second-order valence-corrected chi connectivity index (χ2v) is 9.61. The minimum Gasteiger partial charge on any atom is -0.341 e. The number of hydrogen-bond acceptors (Lipinski definition) is 8. The van der Waals surface area contributed by atoms with Crippen molar-refractivity contribution in [2.75, 3.05) is 31.9 Å². The Kier molecular flexibility index (Phi) is 6.42. The lowest BCUT2D eigenvalue weighted by molar-refractivity contribution is -0.128. The fourth-order valence-electron chi connectivity index (χ4n) is 3.75. The van der Waals surface area contributed by atoms with Gasteiger partial charge < -0.3 is 4.90 Å². The number of rotatable bonds is 6. The summed E-state index contributed by atoms with van der Waals surface area (Å²) in [4.78, 5) is 22.8. The van der Waals surface area contributed by atoms with Gasteiger partial charge >= 0.3 is 0 Å². The number of thiophene rings is 1. The monoisotopic (exact) mass is 465 g/mol. The van der Waals surface area contributed by atoms with E-state index in [0.717, 1.165) is 49.7 Å². The van der Waals surface area contributed by atoms with Gasteiger partial charge in [0.05, 0.1) is 5.75 Å². The first-order valence-corrected chi connectivity index (χ1v) is 12.4. The topological polar surface area (TPSA) is 79.5 Å². The zero-order valence-corrected chi connectivity index (χ0v) is 19.1. The van der Waals surface area contributed by atoms with Gasteiger partial charge in [-0.2, -0.15) is 9.61 Å². The first-order valence-electron chi connectivity index (χ1n) is 10.5. The van der Waals surface area contributed by atoms with E-state index in [-0.39, 0.29) is 5.91 Å². The van der Waals surface area contributed by atoms with E-state index in [9.17, 15) is 4.79 Å². The summed E-state index contributed by atoms with van der Waals surface area (Å²) in [5, 5.41) is 16.0. The van der Waals surface area contributed by atoms with Gasteiger partial charge in [0.25, 0.3) is 0 Å². The number of aromatic nitrogens is 5. The van der Waals surface area contributed by atoms with Gasteiger partial charge in [0.15, 0.2) is 11.5 Å². The molecule has 10 heteroatoms. The summed E-state index contributed by atoms with van der Waals surface area (Å²) < 4.78 is 1.71. The molecule has 32 heavy (non-hydrogen) atoms. The molecule has 0 aliphatic carbocycles. The summed E-state index contributed by atoms with van der Waals surface area (Å²) in [6, 6.07) is 11.8. The third-order valence-corrected chi connectivity index (χ3v) is 7.17. The van der Waals surface area contributed by atoms with E-state index in [1.165, 1.54) is 16.6 Å². The maximum absolute atomic E-state index is 12.9. The number of fused-ring (bicyclic) bond motifs is 1. The molecular weight excluding hydrogens is 442 g/mol. The summed E-state index contributed by atoms with van der Waals surface area (Å²) in [5.41, 5.74) is 1.51. The van der Waals surface area contributed by atoms with Crippen molar-refractivity contribution in [2.24, 2.45) is 0 Å². The van der Waals surface area contributed by atoms with Gasteiger partial charge in [0, 0.05) is 55.6 Å². The standard InChI is InChI=1S/C22H23N7OS2/c30-21(28-10-3-9-27(11-12-28)15-18-5-2-13-31-18)16-32-20-7-6-19-24-25-22(29(19)26-20)17-4-1-8-23-14-17/h1-2,4-8,13-14H,3,9-12,15-16H2. The van der Waals surface area contributed by atoms with E-state index in [1.807, 2.05) is 29.2 Å². The van der Waals surface area contributed by atoms with Crippen LogP contribution >= 0.6 is 23.1 Å². The lowest BCUT2D eigenvalue weighted by Crippen LogP contribution is -2.36. The first kappa shape index (κ1) is 21.0. The Morgan fingerprint density at radius 3 is 2.88 bits per heavy atom. The highest BCUT2D eigenvalue weighted by Crippen LogP contribution is 2.21. The molecule has 4 aromatic heterocycles. The van der Waals surface area contributed by atoms with Crippen LogP contribution in [0.15, 0.2) is 59.2 Å². The number of thioether (sulfide) groups is 1. The SMILES string of the molecule is O=C(CSc1ccc2nnc(-c3cccnc3)n2n1)N1CCCN(Cc2cccs2)CC1. The summed E-state index contributed by atoms with van der Waals surface area (Å²) in [7, 11) is 0. The number of pyridine rings is 1. The Morgan fingerprint density at radius 1 is 1.06 bits per heavy atom. The normalized spacial score (nSPS) is 15.2. The lowest BCUT2D eigenvalue weighted by atomic mass is 10.3. The molecule has 4 aromatic rings. The number of hydrogen-bond donors (Lipinski definition) is 0. The number of nitrogens with zero attached hydrogens (tertiary/aromatic N) is 7. The fourth-order valence-corrected chi connectivity index (χ4v) is 5.26. The van der Waals surface area contributed by atoms with Crippen molar-refractivity contribution in [1.29, 1.82) is 0 Å². The molecule has 164 valence electrons. The van der Waals surface area contributed by atoms with Gasteiger partial charge in [-0.1, -0.05) is 17.8 Å². The molecule has 0 saturated carbocycles. The second kappa shape index (κ2) is 9.76. The smallest absolute Gasteiger partial charge is 0.233 e. The molecule has 0 unspecified atom stereocenters. The van der Waals surface area contributed by atoms with E-state index in [1.54, 1.807) is 28.2 Å². The Bertz CT molecular complexity index is 1180. The van der Waals surface area contributed by atoms with Crippen LogP contribution in [0.5, 0.6) is 0 Å². The van der Waals surface area contributed by atoms with Gasteiger partial charge in [0.1, 0.15) is 5.03 Å². The van der Waals surface area contributed by atoms with Crippen LogP contribution in [0.3, 0.4) is 0 Å². The van der Waals surface area contributed by atoms with Crippen molar-refractivity contribution in [3.63, 3.8) is 0 Å². The zero-order chi connectivity index (χ0) is 21.8. The van der Waals surface area contributed by atoms with Gasteiger partial charge in [-0.05, 0) is 42.1 Å². The van der Waals surface area contributed by atoms with Crippen LogP contribution in [0, 0.1) is 0 Å². The van der Waals surface area contributed by atoms with E-state index < -0.39 is 0 Å². The highest BCUT2D eigenvalue weighted by atomic mass is 32.2. The maximum atomic E-state index is 12.9. The van der Waals surface area contributed by atoms with Crippen molar-refractivity contribution in [1.82, 2.24) is 34.6 Å². The van der Waals surface area contributed by atoms with Crippen molar-refractivity contribution < 1.29 is 4.79 Å². The molecule has 0 atom stereocenters. The Balaban J connectivity index is 1.20. The average Bonchev–Trinajstić information content (AvgIpc) is 3.43. The third-order valence-electron chi connectivity index (χ3n) is 5.40. The van der Waals surface area contributed by atoms with Gasteiger partial charge in [-0.15, -0.1) is 21.5 Å². The van der Waals surface area contributed by atoms with Crippen LogP contribution in [-0.2, 0) is 11.3 Å². The molecule has 0 aromatic carbocycles. The largest absolute Gasteiger partial charge is 0.341 e. The maximum Gasteiger partial charge on any atom is 0.233 e. The predicted octanol–water partition coefficient (Wildman–Crippen LogP) is 3.07. The molecule has 5 rings (SSSR count). The van der Waals surface area contributed by atoms with Crippen molar-refractivity contribution in [2.45, 2.75) is 18.0 Å². The first-order chi connectivity index (χ1) is 15.8. The Morgan fingerprint density at radius 2 is 2.03 bits per heavy atom. The quantitative estimate of drug-likeness (QED) is 0.405. The molecule has 1 fully saturated rings. The fraction of sp³-hybridized carbons (Fsp3) is 0.318. The molecule has 1 amide bonds. The molecule has 1 saturated heterocycles. The third kappa shape index (κ3) is 4.82. The van der Waals surface area contributed by atoms with Crippen LogP contribution in [0.2, 0.25) is 0 Å². The van der Waals surface area contributed by atoms with Crippen LogP contribution in [0.1, 0.15) is 11.3 Å². The van der Waals surface area contributed by atoms with Crippen molar-refractivity contribution >= 4 is 34.7 Å². The number of carbonyl (C=O) groups is 1. The molecule has 5 heterocycles. The van der Waals surface area contributed by atoms with Crippen LogP contribution in [0.4, 0.5) is 0 Å². The molecule has 0 spiro atoms. The number of amides is 1. The molecule has 0 radical (unpaired) electrons. The Labute approximate surface area is 194 Å². The summed E-state index contributed by atoms with van der Waals surface area (Å²) in [6.45, 7) is 4.49. The molecule has 8 nitrogen and oxygen atoms in total. The van der Waals surface area contributed by atoms with Gasteiger partial charge in [0.2, 0.25) is 5.91 Å². The van der Waals surface area contributed by atoms with E-state index in [2.05, 4.69) is 42.7 Å². The van der Waals surface area contributed by atoms with Crippen LogP contribution < -0.4 is 0 Å². The van der Waals surface area contributed by atoms with E-state index >= 15 is 0 Å². The highest BCUT2D eigenvalue weighted by molar-refractivity contribution is 7.99. The van der Waals surface area contributed by atoms with Crippen LogP contribution in [0.25, 0.3) is 17.0 Å². The van der Waals surface area contributed by atoms with E-state index in [0.29, 0.717) is 17.2 Å². The highest BCUT2D eigenvalue weighted by Gasteiger charge is 2.20.